The van der Waals surface area contributed by atoms with Gasteiger partial charge >= 0.3 is 0 Å². The van der Waals surface area contributed by atoms with Crippen LogP contribution in [0.25, 0.3) is 0 Å². The van der Waals surface area contributed by atoms with E-state index in [0.717, 1.165) is 43.9 Å². The van der Waals surface area contributed by atoms with Crippen LogP contribution in [-0.2, 0) is 0 Å². The second-order valence-corrected chi connectivity index (χ2v) is 9.11. The lowest BCUT2D eigenvalue weighted by atomic mass is 9.94. The van der Waals surface area contributed by atoms with Gasteiger partial charge in [0.25, 0.3) is 5.91 Å². The number of amides is 1. The van der Waals surface area contributed by atoms with Gasteiger partial charge < -0.3 is 15.4 Å². The van der Waals surface area contributed by atoms with E-state index in [2.05, 4.69) is 39.6 Å². The van der Waals surface area contributed by atoms with Crippen LogP contribution in [0, 0.1) is 5.92 Å². The van der Waals surface area contributed by atoms with Crippen LogP contribution in [0.2, 0.25) is 5.02 Å². The number of likely N-dealkylation sites (tertiary alicyclic amines) is 1. The Balaban J connectivity index is 1.30. The van der Waals surface area contributed by atoms with Crippen molar-refractivity contribution in [2.75, 3.05) is 37.4 Å². The van der Waals surface area contributed by atoms with Crippen LogP contribution in [0.3, 0.4) is 0 Å². The van der Waals surface area contributed by atoms with Gasteiger partial charge in [0.05, 0.1) is 17.7 Å². The quantitative estimate of drug-likeness (QED) is 0.423. The Morgan fingerprint density at radius 2 is 1.85 bits per heavy atom. The number of rotatable bonds is 8. The van der Waals surface area contributed by atoms with Crippen LogP contribution >= 0.6 is 11.6 Å². The molecule has 0 saturated carbocycles. The Morgan fingerprint density at radius 1 is 1.12 bits per heavy atom. The summed E-state index contributed by atoms with van der Waals surface area (Å²) in [5.41, 5.74) is 2.75. The largest absolute Gasteiger partial charge is 0.497 e. The number of pyridine rings is 1. The first-order valence-corrected chi connectivity index (χ1v) is 12.0. The van der Waals surface area contributed by atoms with Gasteiger partial charge in [0.1, 0.15) is 11.6 Å². The minimum atomic E-state index is -0.193. The van der Waals surface area contributed by atoms with Gasteiger partial charge in [-0.25, -0.2) is 4.98 Å². The van der Waals surface area contributed by atoms with E-state index in [1.54, 1.807) is 19.2 Å². The van der Waals surface area contributed by atoms with Crippen LogP contribution in [0.15, 0.2) is 66.9 Å². The highest BCUT2D eigenvalue weighted by Gasteiger charge is 2.24. The van der Waals surface area contributed by atoms with Gasteiger partial charge in [0.15, 0.2) is 0 Å². The number of nitrogens with one attached hydrogen (secondary N) is 2. The fourth-order valence-electron chi connectivity index (χ4n) is 4.36. The van der Waals surface area contributed by atoms with Crippen LogP contribution in [0.4, 0.5) is 11.5 Å². The molecule has 7 heteroatoms. The average Bonchev–Trinajstić information content (AvgIpc) is 2.89. The van der Waals surface area contributed by atoms with Crippen molar-refractivity contribution in [3.05, 3.63) is 83.0 Å². The molecule has 2 heterocycles. The van der Waals surface area contributed by atoms with Gasteiger partial charge in [-0.05, 0) is 80.7 Å². The smallest absolute Gasteiger partial charge is 0.258 e. The molecule has 0 unspecified atom stereocenters. The van der Waals surface area contributed by atoms with Crippen LogP contribution in [0.1, 0.15) is 41.7 Å². The van der Waals surface area contributed by atoms with Crippen molar-refractivity contribution in [1.29, 1.82) is 0 Å². The van der Waals surface area contributed by atoms with Crippen molar-refractivity contribution in [1.82, 2.24) is 9.88 Å². The average molecular weight is 479 g/mol. The summed E-state index contributed by atoms with van der Waals surface area (Å²) in [7, 11) is 1.69. The molecule has 34 heavy (non-hydrogen) atoms. The van der Waals surface area contributed by atoms with E-state index in [4.69, 9.17) is 16.3 Å². The van der Waals surface area contributed by atoms with Crippen molar-refractivity contribution in [2.24, 2.45) is 5.92 Å². The number of nitrogens with zero attached hydrogens (tertiary/aromatic N) is 2. The maximum absolute atomic E-state index is 12.8. The lowest BCUT2D eigenvalue weighted by Crippen LogP contribution is -2.37. The molecule has 1 aliphatic heterocycles. The highest BCUT2D eigenvalue weighted by molar-refractivity contribution is 6.30. The molecule has 0 radical (unpaired) electrons. The van der Waals surface area contributed by atoms with Crippen molar-refractivity contribution in [3.8, 4) is 5.75 Å². The zero-order valence-electron chi connectivity index (χ0n) is 19.6. The van der Waals surface area contributed by atoms with Crippen LogP contribution in [-0.4, -0.2) is 42.5 Å². The Labute approximate surface area is 206 Å². The monoisotopic (exact) mass is 478 g/mol. The standard InChI is InChI=1S/C27H31ClN4O2/c1-19(21-7-10-23(34-2)11-8-21)32-15-13-20(14-16-32)17-29-25-6-4-3-5-24(25)27(33)31-26-12-9-22(28)18-30-26/h3-12,18-20,29H,13-17H2,1-2H3,(H,30,31,33)/t19-/m1/s1. The molecule has 1 saturated heterocycles. The summed E-state index contributed by atoms with van der Waals surface area (Å²) >= 11 is 5.88. The number of halogens is 1. The lowest BCUT2D eigenvalue weighted by Gasteiger charge is -2.36. The van der Waals surface area contributed by atoms with Gasteiger partial charge in [-0.1, -0.05) is 35.9 Å². The predicted molar refractivity (Wildman–Crippen MR) is 138 cm³/mol. The van der Waals surface area contributed by atoms with E-state index >= 15 is 0 Å². The number of piperidine rings is 1. The maximum Gasteiger partial charge on any atom is 0.258 e. The third kappa shape index (κ3) is 6.07. The topological polar surface area (TPSA) is 66.5 Å². The van der Waals surface area contributed by atoms with Crippen molar-refractivity contribution in [2.45, 2.75) is 25.8 Å². The fraction of sp³-hybridized carbons (Fsp3) is 0.333. The molecular weight excluding hydrogens is 448 g/mol. The van der Waals surface area contributed by atoms with E-state index in [-0.39, 0.29) is 5.91 Å². The van der Waals surface area contributed by atoms with Gasteiger partial charge in [-0.2, -0.15) is 0 Å². The van der Waals surface area contributed by atoms with E-state index in [1.807, 2.05) is 36.4 Å². The zero-order valence-corrected chi connectivity index (χ0v) is 20.4. The predicted octanol–water partition coefficient (Wildman–Crippen LogP) is 5.88. The second-order valence-electron chi connectivity index (χ2n) is 8.67. The number of hydrogen-bond donors (Lipinski definition) is 2. The molecule has 178 valence electrons. The molecule has 1 aliphatic rings. The third-order valence-electron chi connectivity index (χ3n) is 6.52. The highest BCUT2D eigenvalue weighted by Crippen LogP contribution is 2.28. The second kappa shape index (κ2) is 11.4. The summed E-state index contributed by atoms with van der Waals surface area (Å²) in [5, 5.41) is 6.89. The summed E-state index contributed by atoms with van der Waals surface area (Å²) in [4.78, 5) is 19.5. The Bertz CT molecular complexity index is 1080. The van der Waals surface area contributed by atoms with Gasteiger partial charge in [-0.15, -0.1) is 0 Å². The number of ether oxygens (including phenoxy) is 1. The summed E-state index contributed by atoms with van der Waals surface area (Å²) in [6.07, 6.45) is 3.76. The SMILES string of the molecule is COc1ccc([C@@H](C)N2CCC(CNc3ccccc3C(=O)Nc3ccc(Cl)cn3)CC2)cc1. The first kappa shape index (κ1) is 24.0. The summed E-state index contributed by atoms with van der Waals surface area (Å²) in [6, 6.07) is 19.7. The Hall–Kier alpha value is -3.09. The number of aromatic nitrogens is 1. The molecule has 0 spiro atoms. The molecule has 2 N–H and O–H groups in total. The van der Waals surface area contributed by atoms with Gasteiger partial charge in [0, 0.05) is 24.5 Å². The number of hydrogen-bond acceptors (Lipinski definition) is 5. The highest BCUT2D eigenvalue weighted by atomic mass is 35.5. The zero-order chi connectivity index (χ0) is 23.9. The van der Waals surface area contributed by atoms with E-state index in [0.29, 0.717) is 28.4 Å². The van der Waals surface area contributed by atoms with E-state index in [1.165, 1.54) is 11.8 Å². The minimum Gasteiger partial charge on any atom is -0.497 e. The van der Waals surface area contributed by atoms with Crippen LogP contribution in [0.5, 0.6) is 5.75 Å². The molecule has 1 amide bonds. The van der Waals surface area contributed by atoms with Gasteiger partial charge in [-0.3, -0.25) is 9.69 Å². The summed E-state index contributed by atoms with van der Waals surface area (Å²) in [6.45, 7) is 5.23. The van der Waals surface area contributed by atoms with Crippen molar-refractivity contribution >= 4 is 29.0 Å². The molecule has 1 aromatic heterocycles. The van der Waals surface area contributed by atoms with E-state index < -0.39 is 0 Å². The summed E-state index contributed by atoms with van der Waals surface area (Å²) < 4.78 is 5.28. The third-order valence-corrected chi connectivity index (χ3v) is 6.74. The Morgan fingerprint density at radius 3 is 2.53 bits per heavy atom. The number of benzene rings is 2. The number of para-hydroxylation sites is 1. The van der Waals surface area contributed by atoms with Crippen molar-refractivity contribution in [3.63, 3.8) is 0 Å². The minimum absolute atomic E-state index is 0.193. The fourth-order valence-corrected chi connectivity index (χ4v) is 4.47. The molecule has 4 rings (SSSR count). The molecule has 2 aromatic carbocycles. The summed E-state index contributed by atoms with van der Waals surface area (Å²) in [5.74, 6) is 1.73. The maximum atomic E-state index is 12.8. The molecule has 1 atom stereocenters. The molecule has 0 aliphatic carbocycles. The number of methoxy groups -OCH3 is 1. The van der Waals surface area contributed by atoms with Gasteiger partial charge in [0.2, 0.25) is 0 Å². The first-order chi connectivity index (χ1) is 16.5. The van der Waals surface area contributed by atoms with E-state index in [9.17, 15) is 4.79 Å². The Kier molecular flexibility index (Phi) is 8.03. The molecule has 3 aromatic rings. The molecule has 6 nitrogen and oxygen atoms in total. The first-order valence-electron chi connectivity index (χ1n) is 11.7. The number of carbonyl (C=O) groups is 1. The lowest BCUT2D eigenvalue weighted by molar-refractivity contribution is 0.102. The molecule has 0 bridgehead atoms. The molecule has 1 fully saturated rings. The van der Waals surface area contributed by atoms with Crippen LogP contribution < -0.4 is 15.4 Å². The normalized spacial score (nSPS) is 15.5. The number of anilines is 2. The number of carbonyl (C=O) groups excluding carboxylic acids is 1. The molecular formula is C27H31ClN4O2. The van der Waals surface area contributed by atoms with Crippen molar-refractivity contribution < 1.29 is 9.53 Å².